The number of hydrogen-bond acceptors (Lipinski definition) is 2. The number of amides is 1. The van der Waals surface area contributed by atoms with Gasteiger partial charge in [0.2, 0.25) is 5.91 Å². The first-order valence-corrected chi connectivity index (χ1v) is 6.38. The minimum absolute atomic E-state index is 0.257. The van der Waals surface area contributed by atoms with Gasteiger partial charge in [-0.25, -0.2) is 0 Å². The standard InChI is InChI=1S/C11H21NOS/c1-4-8-12(9-5-2)11(13)7-10-14-6-3/h4H,1,5-10H2,2-3H3. The highest BCUT2D eigenvalue weighted by molar-refractivity contribution is 7.99. The third kappa shape index (κ3) is 6.08. The minimum atomic E-state index is 0.257. The lowest BCUT2D eigenvalue weighted by atomic mass is 10.3. The maximum absolute atomic E-state index is 11.7. The highest BCUT2D eigenvalue weighted by atomic mass is 32.2. The van der Waals surface area contributed by atoms with Crippen LogP contribution >= 0.6 is 11.8 Å². The van der Waals surface area contributed by atoms with Gasteiger partial charge in [0, 0.05) is 25.3 Å². The summed E-state index contributed by atoms with van der Waals surface area (Å²) in [6.45, 7) is 9.40. The van der Waals surface area contributed by atoms with Crippen LogP contribution in [0.1, 0.15) is 26.7 Å². The molecule has 2 nitrogen and oxygen atoms in total. The van der Waals surface area contributed by atoms with E-state index in [9.17, 15) is 4.79 Å². The van der Waals surface area contributed by atoms with Gasteiger partial charge in [-0.15, -0.1) is 6.58 Å². The largest absolute Gasteiger partial charge is 0.339 e. The highest BCUT2D eigenvalue weighted by Crippen LogP contribution is 2.04. The number of nitrogens with zero attached hydrogens (tertiary/aromatic N) is 1. The average molecular weight is 215 g/mol. The van der Waals surface area contributed by atoms with Crippen LogP contribution < -0.4 is 0 Å². The van der Waals surface area contributed by atoms with Gasteiger partial charge in [-0.1, -0.05) is 19.9 Å². The maximum atomic E-state index is 11.7. The topological polar surface area (TPSA) is 20.3 Å². The van der Waals surface area contributed by atoms with Crippen molar-refractivity contribution in [1.29, 1.82) is 0 Å². The Kier molecular flexibility index (Phi) is 8.84. The monoisotopic (exact) mass is 215 g/mol. The van der Waals surface area contributed by atoms with Crippen LogP contribution in [-0.4, -0.2) is 35.4 Å². The molecule has 0 aliphatic heterocycles. The van der Waals surface area contributed by atoms with Crippen LogP contribution in [0.2, 0.25) is 0 Å². The SMILES string of the molecule is C=CCN(CCC)C(=O)CCSCC. The van der Waals surface area contributed by atoms with Crippen LogP contribution in [0.4, 0.5) is 0 Å². The molecule has 0 fully saturated rings. The van der Waals surface area contributed by atoms with Crippen LogP contribution in [0, 0.1) is 0 Å². The highest BCUT2D eigenvalue weighted by Gasteiger charge is 2.09. The van der Waals surface area contributed by atoms with E-state index in [0.717, 1.165) is 24.5 Å². The zero-order valence-corrected chi connectivity index (χ0v) is 10.1. The third-order valence-corrected chi connectivity index (χ3v) is 2.76. The number of hydrogen-bond donors (Lipinski definition) is 0. The van der Waals surface area contributed by atoms with E-state index in [-0.39, 0.29) is 5.91 Å². The van der Waals surface area contributed by atoms with Gasteiger partial charge < -0.3 is 4.90 Å². The van der Waals surface area contributed by atoms with Crippen molar-refractivity contribution in [2.24, 2.45) is 0 Å². The van der Waals surface area contributed by atoms with Gasteiger partial charge in [-0.3, -0.25) is 4.79 Å². The summed E-state index contributed by atoms with van der Waals surface area (Å²) in [5, 5.41) is 0. The number of thioether (sulfide) groups is 1. The zero-order valence-electron chi connectivity index (χ0n) is 9.29. The molecule has 0 bridgehead atoms. The molecular formula is C11H21NOS. The summed E-state index contributed by atoms with van der Waals surface area (Å²) < 4.78 is 0. The summed E-state index contributed by atoms with van der Waals surface area (Å²) in [5.74, 6) is 2.28. The molecule has 0 heterocycles. The Hall–Kier alpha value is -0.440. The summed E-state index contributed by atoms with van der Waals surface area (Å²) >= 11 is 1.82. The number of rotatable bonds is 8. The van der Waals surface area contributed by atoms with Gasteiger partial charge >= 0.3 is 0 Å². The van der Waals surface area contributed by atoms with E-state index in [2.05, 4.69) is 20.4 Å². The van der Waals surface area contributed by atoms with Crippen LogP contribution in [0.5, 0.6) is 0 Å². The van der Waals surface area contributed by atoms with Gasteiger partial charge in [0.1, 0.15) is 0 Å². The fraction of sp³-hybridized carbons (Fsp3) is 0.727. The molecule has 0 aromatic rings. The van der Waals surface area contributed by atoms with Crippen LogP contribution in [0.3, 0.4) is 0 Å². The Bertz CT molecular complexity index is 171. The fourth-order valence-electron chi connectivity index (χ4n) is 1.21. The van der Waals surface area contributed by atoms with Crippen molar-refractivity contribution in [3.05, 3.63) is 12.7 Å². The van der Waals surface area contributed by atoms with Gasteiger partial charge in [-0.05, 0) is 12.2 Å². The molecule has 0 radical (unpaired) electrons. The molecule has 0 saturated carbocycles. The molecule has 0 N–H and O–H groups in total. The Morgan fingerprint density at radius 2 is 2.21 bits per heavy atom. The second kappa shape index (κ2) is 9.13. The zero-order chi connectivity index (χ0) is 10.8. The van der Waals surface area contributed by atoms with Crippen molar-refractivity contribution in [2.75, 3.05) is 24.6 Å². The molecule has 3 heteroatoms. The Morgan fingerprint density at radius 3 is 2.71 bits per heavy atom. The van der Waals surface area contributed by atoms with E-state index in [1.165, 1.54) is 0 Å². The summed E-state index contributed by atoms with van der Waals surface area (Å²) in [6, 6.07) is 0. The first-order valence-electron chi connectivity index (χ1n) is 5.22. The quantitative estimate of drug-likeness (QED) is 0.458. The first-order chi connectivity index (χ1) is 6.76. The van der Waals surface area contributed by atoms with Crippen molar-refractivity contribution in [3.63, 3.8) is 0 Å². The van der Waals surface area contributed by atoms with E-state index in [4.69, 9.17) is 0 Å². The molecule has 0 aromatic heterocycles. The Labute approximate surface area is 91.7 Å². The lowest BCUT2D eigenvalue weighted by Crippen LogP contribution is -2.32. The molecule has 14 heavy (non-hydrogen) atoms. The van der Waals surface area contributed by atoms with Crippen LogP contribution in [0.15, 0.2) is 12.7 Å². The van der Waals surface area contributed by atoms with E-state index >= 15 is 0 Å². The summed E-state index contributed by atoms with van der Waals surface area (Å²) in [4.78, 5) is 13.5. The molecular weight excluding hydrogens is 194 g/mol. The van der Waals surface area contributed by atoms with E-state index < -0.39 is 0 Å². The van der Waals surface area contributed by atoms with E-state index in [1.54, 1.807) is 6.08 Å². The second-order valence-corrected chi connectivity index (χ2v) is 4.47. The van der Waals surface area contributed by atoms with Crippen molar-refractivity contribution in [2.45, 2.75) is 26.7 Å². The molecule has 0 aliphatic rings. The summed E-state index contributed by atoms with van der Waals surface area (Å²) in [6.07, 6.45) is 3.47. The normalized spacial score (nSPS) is 9.86. The van der Waals surface area contributed by atoms with Crippen molar-refractivity contribution >= 4 is 17.7 Å². The van der Waals surface area contributed by atoms with Gasteiger partial charge in [-0.2, -0.15) is 11.8 Å². The first kappa shape index (κ1) is 13.6. The third-order valence-electron chi connectivity index (χ3n) is 1.86. The smallest absolute Gasteiger partial charge is 0.223 e. The maximum Gasteiger partial charge on any atom is 0.223 e. The predicted molar refractivity (Wildman–Crippen MR) is 64.7 cm³/mol. The molecule has 0 unspecified atom stereocenters. The van der Waals surface area contributed by atoms with Gasteiger partial charge in [0.05, 0.1) is 0 Å². The minimum Gasteiger partial charge on any atom is -0.339 e. The lowest BCUT2D eigenvalue weighted by Gasteiger charge is -2.20. The molecule has 0 spiro atoms. The summed E-state index contributed by atoms with van der Waals surface area (Å²) in [7, 11) is 0. The molecule has 0 aromatic carbocycles. The fourth-order valence-corrected chi connectivity index (χ4v) is 1.81. The average Bonchev–Trinajstić information content (AvgIpc) is 2.18. The van der Waals surface area contributed by atoms with Crippen molar-refractivity contribution < 1.29 is 4.79 Å². The Morgan fingerprint density at radius 1 is 1.50 bits per heavy atom. The molecule has 1 amide bonds. The van der Waals surface area contributed by atoms with E-state index in [1.807, 2.05) is 16.7 Å². The number of carbonyl (C=O) groups excluding carboxylic acids is 1. The molecule has 0 atom stereocenters. The molecule has 0 aliphatic carbocycles. The second-order valence-electron chi connectivity index (χ2n) is 3.08. The van der Waals surface area contributed by atoms with Gasteiger partial charge in [0.15, 0.2) is 0 Å². The van der Waals surface area contributed by atoms with Crippen molar-refractivity contribution in [3.8, 4) is 0 Å². The molecule has 0 rings (SSSR count). The molecule has 0 saturated heterocycles. The number of carbonyl (C=O) groups is 1. The Balaban J connectivity index is 3.81. The van der Waals surface area contributed by atoms with Crippen LogP contribution in [0.25, 0.3) is 0 Å². The molecule has 82 valence electrons. The van der Waals surface area contributed by atoms with Crippen LogP contribution in [-0.2, 0) is 4.79 Å². The van der Waals surface area contributed by atoms with Gasteiger partial charge in [0.25, 0.3) is 0 Å². The predicted octanol–water partition coefficient (Wildman–Crippen LogP) is 2.55. The lowest BCUT2D eigenvalue weighted by molar-refractivity contribution is -0.130. The van der Waals surface area contributed by atoms with E-state index in [0.29, 0.717) is 13.0 Å². The van der Waals surface area contributed by atoms with Crippen molar-refractivity contribution in [1.82, 2.24) is 4.90 Å². The summed E-state index contributed by atoms with van der Waals surface area (Å²) in [5.41, 5.74) is 0.